The van der Waals surface area contributed by atoms with E-state index in [1.807, 2.05) is 23.9 Å². The molecule has 0 saturated carbocycles. The van der Waals surface area contributed by atoms with E-state index in [9.17, 15) is 0 Å². The van der Waals surface area contributed by atoms with Gasteiger partial charge in [0.1, 0.15) is 16.8 Å². The van der Waals surface area contributed by atoms with Crippen LogP contribution < -0.4 is 5.32 Å². The maximum Gasteiger partial charge on any atom is 0.130 e. The normalized spacial score (nSPS) is 9.87. The summed E-state index contributed by atoms with van der Waals surface area (Å²) in [5, 5.41) is 16.6. The summed E-state index contributed by atoms with van der Waals surface area (Å²) in [6, 6.07) is 3.98. The van der Waals surface area contributed by atoms with Gasteiger partial charge in [-0.1, -0.05) is 4.49 Å². The van der Waals surface area contributed by atoms with Gasteiger partial charge >= 0.3 is 0 Å². The van der Waals surface area contributed by atoms with E-state index >= 15 is 0 Å². The fraction of sp³-hybridized carbons (Fsp3) is 0.222. The summed E-state index contributed by atoms with van der Waals surface area (Å²) in [5.41, 5.74) is 1.73. The monoisotopic (exact) mass is 219 g/mol. The third-order valence-electron chi connectivity index (χ3n) is 2.00. The van der Waals surface area contributed by atoms with Gasteiger partial charge in [0.25, 0.3) is 0 Å². The number of anilines is 1. The predicted octanol–water partition coefficient (Wildman–Crippen LogP) is 1.36. The summed E-state index contributed by atoms with van der Waals surface area (Å²) in [4.78, 5) is 0. The first-order chi connectivity index (χ1) is 7.29. The van der Waals surface area contributed by atoms with Crippen molar-refractivity contribution in [2.75, 3.05) is 5.32 Å². The minimum atomic E-state index is 0.661. The first-order valence-electron chi connectivity index (χ1n) is 4.36. The summed E-state index contributed by atoms with van der Waals surface area (Å²) >= 11 is 1.31. The molecule has 0 fully saturated rings. The average Bonchev–Trinajstić information content (AvgIpc) is 2.83. The number of aromatic nitrogens is 3. The summed E-state index contributed by atoms with van der Waals surface area (Å²) in [7, 11) is 1.86. The number of nitriles is 1. The Kier molecular flexibility index (Phi) is 2.65. The van der Waals surface area contributed by atoms with Gasteiger partial charge in [-0.05, 0) is 11.6 Å². The zero-order valence-corrected chi connectivity index (χ0v) is 8.95. The van der Waals surface area contributed by atoms with E-state index in [0.717, 1.165) is 10.6 Å². The molecule has 2 rings (SSSR count). The minimum absolute atomic E-state index is 0.661. The molecule has 0 radical (unpaired) electrons. The minimum Gasteiger partial charge on any atom is -0.370 e. The molecule has 76 valence electrons. The molecule has 0 aliphatic heterocycles. The standard InChI is InChI=1S/C9H9N5S/c1-14-6-7(2-8(14)3-10)4-11-9-5-12-13-15-9/h2,5-6,11H,4H2,1H3. The van der Waals surface area contributed by atoms with Gasteiger partial charge in [-0.25, -0.2) is 0 Å². The van der Waals surface area contributed by atoms with Crippen molar-refractivity contribution in [1.82, 2.24) is 14.2 Å². The molecule has 0 saturated heterocycles. The number of aryl methyl sites for hydroxylation is 1. The average molecular weight is 219 g/mol. The van der Waals surface area contributed by atoms with E-state index in [1.54, 1.807) is 6.20 Å². The van der Waals surface area contributed by atoms with Gasteiger partial charge in [0.2, 0.25) is 0 Å². The summed E-state index contributed by atoms with van der Waals surface area (Å²) < 4.78 is 5.55. The molecule has 2 heterocycles. The van der Waals surface area contributed by atoms with E-state index in [1.165, 1.54) is 11.5 Å². The first-order valence-corrected chi connectivity index (χ1v) is 5.13. The second-order valence-corrected chi connectivity index (χ2v) is 3.88. The SMILES string of the molecule is Cn1cc(CNc2cnns2)cc1C#N. The van der Waals surface area contributed by atoms with Crippen molar-refractivity contribution in [3.63, 3.8) is 0 Å². The molecule has 0 bridgehead atoms. The molecule has 2 aromatic rings. The molecule has 6 heteroatoms. The van der Waals surface area contributed by atoms with Crippen LogP contribution in [0.15, 0.2) is 18.5 Å². The third kappa shape index (κ3) is 2.14. The summed E-state index contributed by atoms with van der Waals surface area (Å²) in [6.07, 6.45) is 3.61. The highest BCUT2D eigenvalue weighted by atomic mass is 32.1. The molecule has 0 spiro atoms. The Morgan fingerprint density at radius 2 is 2.53 bits per heavy atom. The Labute approximate surface area is 91.1 Å². The van der Waals surface area contributed by atoms with E-state index < -0.39 is 0 Å². The van der Waals surface area contributed by atoms with Crippen LogP contribution in [-0.4, -0.2) is 14.2 Å². The number of nitrogens with one attached hydrogen (secondary N) is 1. The van der Waals surface area contributed by atoms with Gasteiger partial charge < -0.3 is 9.88 Å². The molecule has 2 aromatic heterocycles. The molecule has 0 aliphatic carbocycles. The Bertz CT molecular complexity index is 479. The van der Waals surface area contributed by atoms with E-state index in [-0.39, 0.29) is 0 Å². The molecule has 5 nitrogen and oxygen atoms in total. The predicted molar refractivity (Wildman–Crippen MR) is 57.4 cm³/mol. The molecule has 0 amide bonds. The van der Waals surface area contributed by atoms with Crippen LogP contribution >= 0.6 is 11.5 Å². The van der Waals surface area contributed by atoms with Crippen molar-refractivity contribution < 1.29 is 0 Å². The zero-order chi connectivity index (χ0) is 10.7. The quantitative estimate of drug-likeness (QED) is 0.846. The van der Waals surface area contributed by atoms with Crippen molar-refractivity contribution in [3.05, 3.63) is 29.7 Å². The third-order valence-corrected chi connectivity index (χ3v) is 2.63. The highest BCUT2D eigenvalue weighted by Crippen LogP contribution is 2.12. The highest BCUT2D eigenvalue weighted by Gasteiger charge is 2.02. The fourth-order valence-electron chi connectivity index (χ4n) is 1.28. The van der Waals surface area contributed by atoms with Crippen molar-refractivity contribution in [2.24, 2.45) is 7.05 Å². The lowest BCUT2D eigenvalue weighted by Crippen LogP contribution is -1.95. The maximum atomic E-state index is 8.77. The van der Waals surface area contributed by atoms with Gasteiger partial charge in [-0.15, -0.1) is 5.10 Å². The van der Waals surface area contributed by atoms with Crippen molar-refractivity contribution in [2.45, 2.75) is 6.54 Å². The molecule has 0 aromatic carbocycles. The second-order valence-electron chi connectivity index (χ2n) is 3.09. The van der Waals surface area contributed by atoms with Gasteiger partial charge in [-0.3, -0.25) is 0 Å². The van der Waals surface area contributed by atoms with Crippen LogP contribution in [0, 0.1) is 11.3 Å². The highest BCUT2D eigenvalue weighted by molar-refractivity contribution is 7.09. The Morgan fingerprint density at radius 1 is 1.67 bits per heavy atom. The number of rotatable bonds is 3. The Morgan fingerprint density at radius 3 is 3.13 bits per heavy atom. The van der Waals surface area contributed by atoms with Crippen molar-refractivity contribution in [3.8, 4) is 6.07 Å². The topological polar surface area (TPSA) is 66.5 Å². The van der Waals surface area contributed by atoms with Gasteiger partial charge in [0.15, 0.2) is 0 Å². The summed E-state index contributed by atoms with van der Waals surface area (Å²) in [6.45, 7) is 0.680. The van der Waals surface area contributed by atoms with Crippen LogP contribution in [-0.2, 0) is 13.6 Å². The number of nitrogens with zero attached hydrogens (tertiary/aromatic N) is 4. The molecule has 0 atom stereocenters. The lowest BCUT2D eigenvalue weighted by Gasteiger charge is -1.98. The van der Waals surface area contributed by atoms with Crippen LogP contribution in [0.4, 0.5) is 5.00 Å². The zero-order valence-electron chi connectivity index (χ0n) is 8.14. The fourth-order valence-corrected chi connectivity index (χ4v) is 1.69. The maximum absolute atomic E-state index is 8.77. The molecule has 0 aliphatic rings. The van der Waals surface area contributed by atoms with Crippen LogP contribution in [0.3, 0.4) is 0 Å². The first kappa shape index (κ1) is 9.68. The van der Waals surface area contributed by atoms with Crippen LogP contribution in [0.25, 0.3) is 0 Å². The van der Waals surface area contributed by atoms with Gasteiger partial charge in [0, 0.05) is 31.3 Å². The van der Waals surface area contributed by atoms with E-state index in [4.69, 9.17) is 5.26 Å². The molecule has 0 unspecified atom stereocenters. The number of hydrogen-bond donors (Lipinski definition) is 1. The van der Waals surface area contributed by atoms with E-state index in [2.05, 4.69) is 21.0 Å². The second kappa shape index (κ2) is 4.11. The molecular weight excluding hydrogens is 210 g/mol. The van der Waals surface area contributed by atoms with Gasteiger partial charge in [0.05, 0.1) is 6.20 Å². The number of hydrogen-bond acceptors (Lipinski definition) is 5. The summed E-state index contributed by atoms with van der Waals surface area (Å²) in [5.74, 6) is 0. The lowest BCUT2D eigenvalue weighted by molar-refractivity contribution is 0.902. The smallest absolute Gasteiger partial charge is 0.130 e. The van der Waals surface area contributed by atoms with Crippen LogP contribution in [0.5, 0.6) is 0 Å². The van der Waals surface area contributed by atoms with E-state index in [0.29, 0.717) is 12.2 Å². The molecule has 1 N–H and O–H groups in total. The molecular formula is C9H9N5S. The lowest BCUT2D eigenvalue weighted by atomic mass is 10.3. The largest absolute Gasteiger partial charge is 0.370 e. The van der Waals surface area contributed by atoms with Gasteiger partial charge in [-0.2, -0.15) is 5.26 Å². The van der Waals surface area contributed by atoms with Crippen LogP contribution in [0.2, 0.25) is 0 Å². The Balaban J connectivity index is 2.03. The molecule has 15 heavy (non-hydrogen) atoms. The van der Waals surface area contributed by atoms with Crippen molar-refractivity contribution >= 4 is 16.5 Å². The Hall–Kier alpha value is -1.87. The van der Waals surface area contributed by atoms with Crippen LogP contribution in [0.1, 0.15) is 11.3 Å². The van der Waals surface area contributed by atoms with Crippen molar-refractivity contribution in [1.29, 1.82) is 5.26 Å².